The minimum atomic E-state index is -4.91. The number of carbonyl (C=O) groups excluding carboxylic acids is 2. The van der Waals surface area contributed by atoms with Crippen LogP contribution in [0.25, 0.3) is 0 Å². The Labute approximate surface area is 121 Å². The fraction of sp³-hybridized carbons (Fsp3) is 0.833. The van der Waals surface area contributed by atoms with E-state index in [0.717, 1.165) is 26.1 Å². The normalized spacial score (nSPS) is 16.5. The SMILES string of the molecule is O=C(CCNC(=O)C(F)(F)F)NCCCN1CCOCC1. The zero-order valence-electron chi connectivity index (χ0n) is 11.7. The summed E-state index contributed by atoms with van der Waals surface area (Å²) in [6, 6.07) is 0. The van der Waals surface area contributed by atoms with Crippen LogP contribution in [0.2, 0.25) is 0 Å². The highest BCUT2D eigenvalue weighted by molar-refractivity contribution is 5.82. The maximum Gasteiger partial charge on any atom is 0.471 e. The number of rotatable bonds is 7. The second-order valence-corrected chi connectivity index (χ2v) is 4.66. The summed E-state index contributed by atoms with van der Waals surface area (Å²) in [5.41, 5.74) is 0. The first kappa shape index (κ1) is 17.7. The predicted octanol–water partition coefficient (Wildman–Crippen LogP) is -0.106. The van der Waals surface area contributed by atoms with Crippen molar-refractivity contribution in [2.75, 3.05) is 45.9 Å². The van der Waals surface area contributed by atoms with Crippen molar-refractivity contribution < 1.29 is 27.5 Å². The number of halogens is 3. The lowest BCUT2D eigenvalue weighted by Gasteiger charge is -2.26. The van der Waals surface area contributed by atoms with Crippen molar-refractivity contribution in [2.24, 2.45) is 0 Å². The highest BCUT2D eigenvalue weighted by Gasteiger charge is 2.38. The summed E-state index contributed by atoms with van der Waals surface area (Å²) in [7, 11) is 0. The van der Waals surface area contributed by atoms with Gasteiger partial charge in [0.05, 0.1) is 13.2 Å². The molecule has 9 heteroatoms. The van der Waals surface area contributed by atoms with E-state index in [-0.39, 0.29) is 18.9 Å². The Balaban J connectivity index is 2.00. The summed E-state index contributed by atoms with van der Waals surface area (Å²) in [6.07, 6.45) is -4.31. The van der Waals surface area contributed by atoms with E-state index in [2.05, 4.69) is 10.2 Å². The number of nitrogens with zero attached hydrogens (tertiary/aromatic N) is 1. The molecule has 1 rings (SSSR count). The Morgan fingerprint density at radius 3 is 2.38 bits per heavy atom. The Morgan fingerprint density at radius 2 is 1.76 bits per heavy atom. The molecular weight excluding hydrogens is 291 g/mol. The molecule has 2 amide bonds. The Kier molecular flexibility index (Phi) is 7.44. The van der Waals surface area contributed by atoms with Crippen LogP contribution in [0.1, 0.15) is 12.8 Å². The lowest BCUT2D eigenvalue weighted by molar-refractivity contribution is -0.173. The highest BCUT2D eigenvalue weighted by Crippen LogP contribution is 2.13. The fourth-order valence-corrected chi connectivity index (χ4v) is 1.83. The summed E-state index contributed by atoms with van der Waals surface area (Å²) in [4.78, 5) is 24.1. The molecule has 1 aliphatic rings. The predicted molar refractivity (Wildman–Crippen MR) is 68.6 cm³/mol. The van der Waals surface area contributed by atoms with Crippen molar-refractivity contribution in [3.8, 4) is 0 Å². The van der Waals surface area contributed by atoms with Gasteiger partial charge in [0.25, 0.3) is 0 Å². The minimum absolute atomic E-state index is 0.167. The van der Waals surface area contributed by atoms with Gasteiger partial charge in [0.15, 0.2) is 0 Å². The van der Waals surface area contributed by atoms with Crippen molar-refractivity contribution in [1.29, 1.82) is 0 Å². The molecule has 1 saturated heterocycles. The van der Waals surface area contributed by atoms with Crippen LogP contribution in [0.3, 0.4) is 0 Å². The van der Waals surface area contributed by atoms with E-state index >= 15 is 0 Å². The maximum absolute atomic E-state index is 11.9. The van der Waals surface area contributed by atoms with Crippen molar-refractivity contribution in [1.82, 2.24) is 15.5 Å². The molecule has 1 aliphatic heterocycles. The van der Waals surface area contributed by atoms with Gasteiger partial charge in [-0.25, -0.2) is 0 Å². The minimum Gasteiger partial charge on any atom is -0.379 e. The maximum atomic E-state index is 11.9. The van der Waals surface area contributed by atoms with Gasteiger partial charge >= 0.3 is 12.1 Å². The van der Waals surface area contributed by atoms with Gasteiger partial charge in [-0.05, 0) is 13.0 Å². The second-order valence-electron chi connectivity index (χ2n) is 4.66. The van der Waals surface area contributed by atoms with E-state index < -0.39 is 12.1 Å². The number of carbonyl (C=O) groups is 2. The quantitative estimate of drug-likeness (QED) is 0.644. The van der Waals surface area contributed by atoms with Crippen LogP contribution in [-0.4, -0.2) is 68.8 Å². The smallest absolute Gasteiger partial charge is 0.379 e. The first-order valence-corrected chi connectivity index (χ1v) is 6.81. The number of alkyl halides is 3. The van der Waals surface area contributed by atoms with Crippen LogP contribution >= 0.6 is 0 Å². The molecule has 2 N–H and O–H groups in total. The van der Waals surface area contributed by atoms with E-state index in [1.165, 1.54) is 0 Å². The number of ether oxygens (including phenoxy) is 1. The van der Waals surface area contributed by atoms with Gasteiger partial charge in [0.1, 0.15) is 0 Å². The first-order valence-electron chi connectivity index (χ1n) is 6.81. The number of nitrogens with one attached hydrogen (secondary N) is 2. The first-order chi connectivity index (χ1) is 9.89. The highest BCUT2D eigenvalue weighted by atomic mass is 19.4. The Bertz CT molecular complexity index is 344. The molecule has 0 aromatic carbocycles. The standard InChI is InChI=1S/C12H20F3N3O3/c13-12(14,15)11(20)17-4-2-10(19)16-3-1-5-18-6-8-21-9-7-18/h1-9H2,(H,16,19)(H,17,20). The van der Waals surface area contributed by atoms with E-state index in [1.54, 1.807) is 5.32 Å². The lowest BCUT2D eigenvalue weighted by Crippen LogP contribution is -2.39. The summed E-state index contributed by atoms with van der Waals surface area (Å²) >= 11 is 0. The average Bonchev–Trinajstić information content (AvgIpc) is 2.43. The molecule has 0 aromatic heterocycles. The van der Waals surface area contributed by atoms with Crippen LogP contribution < -0.4 is 10.6 Å². The van der Waals surface area contributed by atoms with Gasteiger partial charge in [0.2, 0.25) is 5.91 Å². The molecule has 0 spiro atoms. The van der Waals surface area contributed by atoms with Crippen LogP contribution in [-0.2, 0) is 14.3 Å². The molecule has 0 bridgehead atoms. The van der Waals surface area contributed by atoms with E-state index in [4.69, 9.17) is 4.74 Å². The molecule has 21 heavy (non-hydrogen) atoms. The van der Waals surface area contributed by atoms with Crippen LogP contribution in [0, 0.1) is 0 Å². The zero-order valence-corrected chi connectivity index (χ0v) is 11.7. The number of hydrogen-bond acceptors (Lipinski definition) is 4. The van der Waals surface area contributed by atoms with Crippen molar-refractivity contribution in [3.05, 3.63) is 0 Å². The molecule has 0 radical (unpaired) electrons. The molecular formula is C12H20F3N3O3. The molecule has 0 atom stereocenters. The number of hydrogen-bond donors (Lipinski definition) is 2. The van der Waals surface area contributed by atoms with Crippen molar-refractivity contribution in [3.63, 3.8) is 0 Å². The topological polar surface area (TPSA) is 70.7 Å². The van der Waals surface area contributed by atoms with E-state index in [9.17, 15) is 22.8 Å². The van der Waals surface area contributed by atoms with Crippen molar-refractivity contribution >= 4 is 11.8 Å². The lowest BCUT2D eigenvalue weighted by atomic mass is 10.3. The largest absolute Gasteiger partial charge is 0.471 e. The van der Waals surface area contributed by atoms with Crippen LogP contribution in [0.4, 0.5) is 13.2 Å². The van der Waals surface area contributed by atoms with Crippen LogP contribution in [0.5, 0.6) is 0 Å². The molecule has 0 saturated carbocycles. The summed E-state index contributed by atoms with van der Waals surface area (Å²) in [6.45, 7) is 4.15. The van der Waals surface area contributed by atoms with Crippen LogP contribution in [0.15, 0.2) is 0 Å². The molecule has 0 unspecified atom stereocenters. The molecule has 122 valence electrons. The third kappa shape index (κ3) is 7.86. The molecule has 1 heterocycles. The molecule has 1 fully saturated rings. The zero-order chi connectivity index (χ0) is 15.7. The van der Waals surface area contributed by atoms with Gasteiger partial charge in [-0.2, -0.15) is 13.2 Å². The molecule has 0 aliphatic carbocycles. The molecule has 0 aromatic rings. The Hall–Kier alpha value is -1.35. The summed E-state index contributed by atoms with van der Waals surface area (Å²) < 4.78 is 40.8. The van der Waals surface area contributed by atoms with E-state index in [0.29, 0.717) is 19.8 Å². The van der Waals surface area contributed by atoms with Gasteiger partial charge in [0, 0.05) is 32.6 Å². The fourth-order valence-electron chi connectivity index (χ4n) is 1.83. The van der Waals surface area contributed by atoms with Crippen molar-refractivity contribution in [2.45, 2.75) is 19.0 Å². The van der Waals surface area contributed by atoms with Gasteiger partial charge in [-0.1, -0.05) is 0 Å². The monoisotopic (exact) mass is 311 g/mol. The third-order valence-electron chi connectivity index (χ3n) is 2.97. The average molecular weight is 311 g/mol. The number of morpholine rings is 1. The molecule has 6 nitrogen and oxygen atoms in total. The van der Waals surface area contributed by atoms with Gasteiger partial charge in [-0.3, -0.25) is 14.5 Å². The van der Waals surface area contributed by atoms with Gasteiger partial charge < -0.3 is 15.4 Å². The third-order valence-corrected chi connectivity index (χ3v) is 2.97. The second kappa shape index (κ2) is 8.83. The van der Waals surface area contributed by atoms with Gasteiger partial charge in [-0.15, -0.1) is 0 Å². The van der Waals surface area contributed by atoms with E-state index in [1.807, 2.05) is 0 Å². The number of amides is 2. The summed E-state index contributed by atoms with van der Waals surface area (Å²) in [5, 5.41) is 4.25. The Morgan fingerprint density at radius 1 is 1.10 bits per heavy atom. The summed E-state index contributed by atoms with van der Waals surface area (Å²) in [5.74, 6) is -2.40.